The summed E-state index contributed by atoms with van der Waals surface area (Å²) in [6, 6.07) is 2.23. The van der Waals surface area contributed by atoms with Gasteiger partial charge in [0.05, 0.1) is 17.1 Å². The maximum atomic E-state index is 13.0. The Kier molecular flexibility index (Phi) is 4.97. The van der Waals surface area contributed by atoms with Crippen molar-refractivity contribution >= 4 is 10.0 Å². The minimum atomic E-state index is -4.02. The third kappa shape index (κ3) is 4.50. The van der Waals surface area contributed by atoms with Crippen molar-refractivity contribution in [3.63, 3.8) is 0 Å². The first-order valence-corrected chi connectivity index (χ1v) is 6.82. The molecule has 0 fully saturated rings. The van der Waals surface area contributed by atoms with Gasteiger partial charge in [0.2, 0.25) is 10.0 Å². The molecule has 0 aliphatic carbocycles. The van der Waals surface area contributed by atoms with E-state index in [4.69, 9.17) is 4.74 Å². The highest BCUT2D eigenvalue weighted by Gasteiger charge is 2.24. The first-order valence-electron chi connectivity index (χ1n) is 5.34. The van der Waals surface area contributed by atoms with Gasteiger partial charge in [-0.15, -0.1) is 0 Å². The third-order valence-electron chi connectivity index (χ3n) is 2.30. The first kappa shape index (κ1) is 16.0. The van der Waals surface area contributed by atoms with Gasteiger partial charge < -0.3 is 9.84 Å². The average Bonchev–Trinajstić information content (AvgIpc) is 2.30. The lowest BCUT2D eigenvalue weighted by atomic mass is 10.1. The second kappa shape index (κ2) is 5.91. The zero-order valence-electron chi connectivity index (χ0n) is 10.5. The van der Waals surface area contributed by atoms with E-state index >= 15 is 0 Å². The molecule has 0 saturated heterocycles. The molecule has 0 aliphatic rings. The van der Waals surface area contributed by atoms with Crippen LogP contribution in [0.3, 0.4) is 0 Å². The van der Waals surface area contributed by atoms with Crippen molar-refractivity contribution in [2.45, 2.75) is 17.4 Å². The molecule has 0 bridgehead atoms. The number of rotatable bonds is 6. The van der Waals surface area contributed by atoms with Crippen LogP contribution >= 0.6 is 0 Å². The van der Waals surface area contributed by atoms with Crippen LogP contribution in [-0.4, -0.2) is 39.4 Å². The summed E-state index contributed by atoms with van der Waals surface area (Å²) in [6.07, 6.45) is 0. The van der Waals surface area contributed by atoms with Gasteiger partial charge in [0.15, 0.2) is 11.6 Å². The summed E-state index contributed by atoms with van der Waals surface area (Å²) in [7, 11) is -2.66. The molecule has 1 aromatic rings. The maximum absolute atomic E-state index is 13.0. The Labute approximate surface area is 110 Å². The summed E-state index contributed by atoms with van der Waals surface area (Å²) >= 11 is 0. The fourth-order valence-corrected chi connectivity index (χ4v) is 2.51. The highest BCUT2D eigenvalue weighted by Crippen LogP contribution is 2.14. The van der Waals surface area contributed by atoms with Gasteiger partial charge >= 0.3 is 0 Å². The predicted octanol–water partition coefficient (Wildman–Crippen LogP) is 0.641. The smallest absolute Gasteiger partial charge is 0.240 e. The quantitative estimate of drug-likeness (QED) is 0.807. The highest BCUT2D eigenvalue weighted by molar-refractivity contribution is 7.89. The number of methoxy groups -OCH3 is 1. The van der Waals surface area contributed by atoms with Crippen LogP contribution in [0.2, 0.25) is 0 Å². The van der Waals surface area contributed by atoms with Crippen LogP contribution in [0.15, 0.2) is 23.1 Å². The Morgan fingerprint density at radius 1 is 1.37 bits per heavy atom. The molecular weight excluding hydrogens is 280 g/mol. The number of nitrogens with one attached hydrogen (secondary N) is 1. The van der Waals surface area contributed by atoms with Crippen LogP contribution < -0.4 is 4.72 Å². The molecule has 1 aromatic carbocycles. The molecule has 5 nitrogen and oxygen atoms in total. The summed E-state index contributed by atoms with van der Waals surface area (Å²) in [5.74, 6) is -2.39. The van der Waals surface area contributed by atoms with E-state index in [1.54, 1.807) is 0 Å². The van der Waals surface area contributed by atoms with Gasteiger partial charge in [-0.1, -0.05) is 0 Å². The summed E-state index contributed by atoms with van der Waals surface area (Å²) in [5, 5.41) is 9.74. The van der Waals surface area contributed by atoms with E-state index in [1.165, 1.54) is 14.0 Å². The fourth-order valence-electron chi connectivity index (χ4n) is 1.34. The Balaban J connectivity index is 2.84. The minimum Gasteiger partial charge on any atom is -0.386 e. The molecular formula is C11H15F2NO4S. The molecule has 0 amide bonds. The standard InChI is InChI=1S/C11H15F2NO4S/c1-11(15,7-18-2)6-14-19(16,17)8-3-4-9(12)10(13)5-8/h3-5,14-15H,6-7H2,1-2H3. The van der Waals surface area contributed by atoms with Crippen LogP contribution in [0.25, 0.3) is 0 Å². The minimum absolute atomic E-state index is 0.0761. The van der Waals surface area contributed by atoms with Gasteiger partial charge in [0.25, 0.3) is 0 Å². The number of ether oxygens (including phenoxy) is 1. The zero-order valence-corrected chi connectivity index (χ0v) is 11.3. The summed E-state index contributed by atoms with van der Waals surface area (Å²) in [5.41, 5.74) is -1.40. The van der Waals surface area contributed by atoms with Crippen molar-refractivity contribution < 1.29 is 27.0 Å². The molecule has 0 spiro atoms. The number of sulfonamides is 1. The zero-order chi connectivity index (χ0) is 14.7. The van der Waals surface area contributed by atoms with Crippen LogP contribution in [0.4, 0.5) is 8.78 Å². The lowest BCUT2D eigenvalue weighted by molar-refractivity contribution is -0.0119. The molecule has 8 heteroatoms. The van der Waals surface area contributed by atoms with E-state index in [-0.39, 0.29) is 13.2 Å². The first-order chi connectivity index (χ1) is 8.68. The Morgan fingerprint density at radius 2 is 2.00 bits per heavy atom. The molecule has 0 radical (unpaired) electrons. The number of hydrogen-bond donors (Lipinski definition) is 2. The van der Waals surface area contributed by atoms with Gasteiger partial charge in [-0.2, -0.15) is 0 Å². The lowest BCUT2D eigenvalue weighted by Crippen LogP contribution is -2.43. The van der Waals surface area contributed by atoms with Crippen molar-refractivity contribution in [3.8, 4) is 0 Å². The summed E-state index contributed by atoms with van der Waals surface area (Å²) in [4.78, 5) is -0.417. The molecule has 1 atom stereocenters. The van der Waals surface area contributed by atoms with Gasteiger partial charge in [0, 0.05) is 13.7 Å². The third-order valence-corrected chi connectivity index (χ3v) is 3.70. The Hall–Kier alpha value is -1.09. The molecule has 108 valence electrons. The second-order valence-corrected chi connectivity index (χ2v) is 6.10. The SMILES string of the molecule is COCC(C)(O)CNS(=O)(=O)c1ccc(F)c(F)c1. The molecule has 0 aliphatic heterocycles. The Morgan fingerprint density at radius 3 is 2.53 bits per heavy atom. The van der Waals surface area contributed by atoms with Crippen molar-refractivity contribution in [1.82, 2.24) is 4.72 Å². The van der Waals surface area contributed by atoms with Crippen molar-refractivity contribution in [1.29, 1.82) is 0 Å². The topological polar surface area (TPSA) is 75.6 Å². The average molecular weight is 295 g/mol. The van der Waals surface area contributed by atoms with Gasteiger partial charge in [-0.25, -0.2) is 21.9 Å². The monoisotopic (exact) mass is 295 g/mol. The molecule has 0 heterocycles. The number of halogens is 2. The van der Waals surface area contributed by atoms with Crippen LogP contribution in [0.5, 0.6) is 0 Å². The lowest BCUT2D eigenvalue weighted by Gasteiger charge is -2.22. The van der Waals surface area contributed by atoms with Crippen molar-refractivity contribution in [2.24, 2.45) is 0 Å². The number of aliphatic hydroxyl groups is 1. The van der Waals surface area contributed by atoms with E-state index in [1.807, 2.05) is 0 Å². The highest BCUT2D eigenvalue weighted by atomic mass is 32.2. The van der Waals surface area contributed by atoms with Crippen molar-refractivity contribution in [3.05, 3.63) is 29.8 Å². The van der Waals surface area contributed by atoms with E-state index in [9.17, 15) is 22.3 Å². The molecule has 2 N–H and O–H groups in total. The predicted molar refractivity (Wildman–Crippen MR) is 64.0 cm³/mol. The van der Waals surface area contributed by atoms with Gasteiger partial charge in [0.1, 0.15) is 0 Å². The van der Waals surface area contributed by atoms with E-state index in [0.29, 0.717) is 6.07 Å². The van der Waals surface area contributed by atoms with Gasteiger partial charge in [-0.3, -0.25) is 0 Å². The molecule has 1 unspecified atom stereocenters. The normalized spacial score (nSPS) is 15.2. The van der Waals surface area contributed by atoms with Gasteiger partial charge in [-0.05, 0) is 25.1 Å². The molecule has 1 rings (SSSR count). The van der Waals surface area contributed by atoms with Crippen LogP contribution in [-0.2, 0) is 14.8 Å². The van der Waals surface area contributed by atoms with Crippen molar-refractivity contribution in [2.75, 3.05) is 20.3 Å². The van der Waals surface area contributed by atoms with E-state index in [2.05, 4.69) is 4.72 Å². The van der Waals surface area contributed by atoms with Crippen LogP contribution in [0, 0.1) is 11.6 Å². The molecule has 0 aromatic heterocycles. The largest absolute Gasteiger partial charge is 0.386 e. The van der Waals surface area contributed by atoms with Crippen LogP contribution in [0.1, 0.15) is 6.92 Å². The Bertz CT molecular complexity index is 546. The number of benzene rings is 1. The maximum Gasteiger partial charge on any atom is 0.240 e. The summed E-state index contributed by atoms with van der Waals surface area (Å²) < 4.78 is 56.1. The molecule has 19 heavy (non-hydrogen) atoms. The van der Waals surface area contributed by atoms with E-state index < -0.39 is 32.2 Å². The summed E-state index contributed by atoms with van der Waals surface area (Å²) in [6.45, 7) is 0.986. The second-order valence-electron chi connectivity index (χ2n) is 4.33. The fraction of sp³-hybridized carbons (Fsp3) is 0.455. The number of hydrogen-bond acceptors (Lipinski definition) is 4. The molecule has 0 saturated carbocycles. The van der Waals surface area contributed by atoms with E-state index in [0.717, 1.165) is 12.1 Å².